The van der Waals surface area contributed by atoms with Gasteiger partial charge in [0.1, 0.15) is 0 Å². The topological polar surface area (TPSA) is 87.1 Å². The first-order valence-corrected chi connectivity index (χ1v) is 12.6. The van der Waals surface area contributed by atoms with Gasteiger partial charge in [0.05, 0.1) is 18.3 Å². The number of aliphatic hydroxyl groups excluding tert-OH is 1. The van der Waals surface area contributed by atoms with E-state index in [2.05, 4.69) is 0 Å². The number of allylic oxidation sites excluding steroid dienone is 4. The van der Waals surface area contributed by atoms with Gasteiger partial charge in [0.2, 0.25) is 5.60 Å². The fraction of sp³-hybridized carbons (Fsp3) is 0.571. The standard InChI is InChI=1S/C28H32FNO5/c1-16-5-4-6-19(11-16)30-15-18-13-22-21-8-7-17-12-20(31)9-10-25(17,2)27(21,29)23(32)14-26(22,3)28(18,35-30)24(33)34/h4-6,9-12,18,21-23,32H,7-8,13-15H2,1-3H3,(H,33,34)/t18-,21-,22-,23-,25-,26-,27-,28-/m0/s1. The van der Waals surface area contributed by atoms with Gasteiger partial charge < -0.3 is 10.2 Å². The number of aliphatic hydroxyl groups is 1. The lowest BCUT2D eigenvalue weighted by Gasteiger charge is -2.62. The predicted molar refractivity (Wildman–Crippen MR) is 127 cm³/mol. The van der Waals surface area contributed by atoms with Gasteiger partial charge >= 0.3 is 5.97 Å². The molecule has 0 aromatic heterocycles. The van der Waals surface area contributed by atoms with Crippen LogP contribution in [0.1, 0.15) is 45.1 Å². The maximum absolute atomic E-state index is 17.3. The van der Waals surface area contributed by atoms with Gasteiger partial charge in [-0.25, -0.2) is 9.18 Å². The fourth-order valence-corrected chi connectivity index (χ4v) is 8.55. The minimum absolute atomic E-state index is 0.0141. The van der Waals surface area contributed by atoms with Crippen molar-refractivity contribution in [1.82, 2.24) is 0 Å². The Morgan fingerprint density at radius 3 is 2.74 bits per heavy atom. The number of carbonyl (C=O) groups is 2. The van der Waals surface area contributed by atoms with Crippen molar-refractivity contribution in [3.8, 4) is 0 Å². The number of hydrogen-bond acceptors (Lipinski definition) is 5. The highest BCUT2D eigenvalue weighted by molar-refractivity contribution is 6.01. The summed E-state index contributed by atoms with van der Waals surface area (Å²) in [4.78, 5) is 31.4. The third-order valence-electron chi connectivity index (χ3n) is 10.2. The molecule has 0 amide bonds. The van der Waals surface area contributed by atoms with Crippen molar-refractivity contribution in [2.75, 3.05) is 11.6 Å². The van der Waals surface area contributed by atoms with E-state index in [9.17, 15) is 19.8 Å². The SMILES string of the molecule is Cc1cccc(N2C[C@@H]3C[C@H]4[C@@H]5CCC6=CC(=O)C=C[C@]6(C)[C@@]5(F)[C@@H](O)C[C@]4(C)[C@]3(C(=O)O)O2)c1. The zero-order valence-corrected chi connectivity index (χ0v) is 20.3. The molecule has 35 heavy (non-hydrogen) atoms. The number of anilines is 1. The van der Waals surface area contributed by atoms with Crippen LogP contribution in [0, 0.1) is 35.5 Å². The monoisotopic (exact) mass is 481 g/mol. The van der Waals surface area contributed by atoms with Gasteiger partial charge in [0, 0.05) is 22.7 Å². The van der Waals surface area contributed by atoms with Gasteiger partial charge in [-0.15, -0.1) is 0 Å². The van der Waals surface area contributed by atoms with Crippen LogP contribution in [0.4, 0.5) is 10.1 Å². The van der Waals surface area contributed by atoms with Crippen LogP contribution in [0.2, 0.25) is 0 Å². The predicted octanol–water partition coefficient (Wildman–Crippen LogP) is 4.17. The lowest BCUT2D eigenvalue weighted by molar-refractivity contribution is -0.229. The average molecular weight is 482 g/mol. The van der Waals surface area contributed by atoms with Crippen molar-refractivity contribution in [2.45, 2.75) is 63.8 Å². The zero-order chi connectivity index (χ0) is 25.0. The second kappa shape index (κ2) is 7.04. The van der Waals surface area contributed by atoms with E-state index in [1.165, 1.54) is 12.2 Å². The molecule has 0 spiro atoms. The molecule has 4 fully saturated rings. The summed E-state index contributed by atoms with van der Waals surface area (Å²) in [5.41, 5.74) is -3.00. The molecular weight excluding hydrogens is 449 g/mol. The average Bonchev–Trinajstić information content (AvgIpc) is 3.30. The van der Waals surface area contributed by atoms with Crippen LogP contribution in [-0.2, 0) is 14.4 Å². The van der Waals surface area contributed by atoms with Gasteiger partial charge in [-0.3, -0.25) is 14.7 Å². The van der Waals surface area contributed by atoms with Gasteiger partial charge in [0.15, 0.2) is 11.5 Å². The number of rotatable bonds is 2. The van der Waals surface area contributed by atoms with Crippen molar-refractivity contribution in [3.63, 3.8) is 0 Å². The zero-order valence-electron chi connectivity index (χ0n) is 20.3. The van der Waals surface area contributed by atoms with Crippen LogP contribution in [0.3, 0.4) is 0 Å². The number of hydroxylamine groups is 1. The lowest BCUT2D eigenvalue weighted by Crippen LogP contribution is -2.69. The normalized spacial score (nSPS) is 45.9. The van der Waals surface area contributed by atoms with Crippen molar-refractivity contribution >= 4 is 17.4 Å². The van der Waals surface area contributed by atoms with E-state index >= 15 is 4.39 Å². The van der Waals surface area contributed by atoms with Crippen LogP contribution in [0.25, 0.3) is 0 Å². The third-order valence-corrected chi connectivity index (χ3v) is 10.2. The molecular formula is C28H32FNO5. The largest absolute Gasteiger partial charge is 0.479 e. The first-order chi connectivity index (χ1) is 16.5. The Hall–Kier alpha value is -2.51. The number of aryl methyl sites for hydroxylation is 1. The summed E-state index contributed by atoms with van der Waals surface area (Å²) in [6, 6.07) is 7.75. The molecule has 1 aromatic carbocycles. The van der Waals surface area contributed by atoms with E-state index in [-0.39, 0.29) is 24.0 Å². The van der Waals surface area contributed by atoms with Crippen LogP contribution in [0.5, 0.6) is 0 Å². The molecule has 6 rings (SSSR count). The summed E-state index contributed by atoms with van der Waals surface area (Å²) < 4.78 is 17.3. The van der Waals surface area contributed by atoms with E-state index in [0.717, 1.165) is 16.8 Å². The minimum atomic E-state index is -1.98. The molecule has 6 nitrogen and oxygen atoms in total. The molecule has 7 heteroatoms. The number of carbonyl (C=O) groups excluding carboxylic acids is 1. The molecule has 0 unspecified atom stereocenters. The molecule has 1 saturated heterocycles. The smallest absolute Gasteiger partial charge is 0.339 e. The number of nitrogens with zero attached hydrogens (tertiary/aromatic N) is 1. The van der Waals surface area contributed by atoms with E-state index < -0.39 is 40.1 Å². The van der Waals surface area contributed by atoms with Gasteiger partial charge in [0.25, 0.3) is 0 Å². The van der Waals surface area contributed by atoms with Crippen molar-refractivity contribution in [2.24, 2.45) is 28.6 Å². The summed E-state index contributed by atoms with van der Waals surface area (Å²) in [5, 5.41) is 23.8. The number of alkyl halides is 1. The van der Waals surface area contributed by atoms with Crippen molar-refractivity contribution < 1.29 is 29.0 Å². The Labute approximate surface area is 204 Å². The molecule has 5 aliphatic rings. The summed E-state index contributed by atoms with van der Waals surface area (Å²) in [7, 11) is 0. The molecule has 1 aliphatic heterocycles. The Kier molecular flexibility index (Phi) is 4.61. The van der Waals surface area contributed by atoms with Gasteiger partial charge in [-0.1, -0.05) is 30.7 Å². The van der Waals surface area contributed by atoms with E-state index in [1.54, 1.807) is 18.1 Å². The van der Waals surface area contributed by atoms with E-state index in [1.807, 2.05) is 38.1 Å². The minimum Gasteiger partial charge on any atom is -0.479 e. The Balaban J connectivity index is 1.42. The quantitative estimate of drug-likeness (QED) is 0.660. The van der Waals surface area contributed by atoms with Gasteiger partial charge in [-0.05, 0) is 75.3 Å². The molecule has 1 aromatic rings. The van der Waals surface area contributed by atoms with Gasteiger partial charge in [-0.2, -0.15) is 0 Å². The number of aliphatic carboxylic acids is 1. The molecule has 186 valence electrons. The van der Waals surface area contributed by atoms with Crippen LogP contribution in [-0.4, -0.2) is 45.9 Å². The maximum Gasteiger partial charge on any atom is 0.339 e. The number of fused-ring (bicyclic) bond motifs is 7. The number of halogens is 1. The highest BCUT2D eigenvalue weighted by Crippen LogP contribution is 2.72. The first-order valence-electron chi connectivity index (χ1n) is 12.6. The van der Waals surface area contributed by atoms with E-state index in [0.29, 0.717) is 25.8 Å². The Morgan fingerprint density at radius 2 is 2.03 bits per heavy atom. The number of hydrogen-bond donors (Lipinski definition) is 2. The fourth-order valence-electron chi connectivity index (χ4n) is 8.55. The summed E-state index contributed by atoms with van der Waals surface area (Å²) in [6.45, 7) is 6.03. The number of carboxylic acids is 1. The first kappa shape index (κ1) is 22.9. The van der Waals surface area contributed by atoms with Crippen LogP contribution in [0.15, 0.2) is 48.1 Å². The van der Waals surface area contributed by atoms with Crippen molar-refractivity contribution in [3.05, 3.63) is 53.6 Å². The molecule has 1 heterocycles. The number of benzene rings is 1. The molecule has 0 radical (unpaired) electrons. The maximum atomic E-state index is 17.3. The molecule has 0 bridgehead atoms. The van der Waals surface area contributed by atoms with Crippen LogP contribution < -0.4 is 5.06 Å². The summed E-state index contributed by atoms with van der Waals surface area (Å²) in [6.07, 6.45) is 4.70. The molecule has 8 atom stereocenters. The lowest BCUT2D eigenvalue weighted by atomic mass is 9.45. The Morgan fingerprint density at radius 1 is 1.26 bits per heavy atom. The summed E-state index contributed by atoms with van der Waals surface area (Å²) >= 11 is 0. The van der Waals surface area contributed by atoms with Crippen molar-refractivity contribution in [1.29, 1.82) is 0 Å². The molecule has 2 N–H and O–H groups in total. The highest BCUT2D eigenvalue weighted by atomic mass is 19.1. The second-order valence-electron chi connectivity index (χ2n) is 11.7. The molecule has 3 saturated carbocycles. The molecule has 4 aliphatic carbocycles. The third kappa shape index (κ3) is 2.61. The Bertz CT molecular complexity index is 1200. The summed E-state index contributed by atoms with van der Waals surface area (Å²) in [5.74, 6) is -2.33. The number of carboxylic acid groups (broad SMARTS) is 1. The second-order valence-corrected chi connectivity index (χ2v) is 11.7. The highest BCUT2D eigenvalue weighted by Gasteiger charge is 2.79. The van der Waals surface area contributed by atoms with E-state index in [4.69, 9.17) is 4.84 Å². The van der Waals surface area contributed by atoms with Crippen LogP contribution >= 0.6 is 0 Å². The number of ketones is 1.